The lowest BCUT2D eigenvalue weighted by atomic mass is 10.2. The first-order valence-corrected chi connectivity index (χ1v) is 9.10. The van der Waals surface area contributed by atoms with Crippen molar-refractivity contribution >= 4 is 56.6 Å². The molecule has 0 saturated carbocycles. The second-order valence-electron chi connectivity index (χ2n) is 5.29. The molecule has 1 aromatic heterocycles. The predicted molar refractivity (Wildman–Crippen MR) is 103 cm³/mol. The minimum absolute atomic E-state index is 0.0952. The van der Waals surface area contributed by atoms with E-state index in [9.17, 15) is 9.59 Å². The molecule has 8 heteroatoms. The summed E-state index contributed by atoms with van der Waals surface area (Å²) in [4.78, 5) is 30.4. The minimum Gasteiger partial charge on any atom is -0.329 e. The fraction of sp³-hybridized carbons (Fsp3) is 0.235. The Balaban J connectivity index is 2.11. The topological polar surface area (TPSA) is 62.3 Å². The van der Waals surface area contributed by atoms with Gasteiger partial charge in [-0.05, 0) is 46.6 Å². The van der Waals surface area contributed by atoms with Crippen molar-refractivity contribution in [1.82, 2.24) is 9.88 Å². The highest BCUT2D eigenvalue weighted by Gasteiger charge is 2.19. The van der Waals surface area contributed by atoms with E-state index < -0.39 is 0 Å². The van der Waals surface area contributed by atoms with E-state index in [0.717, 1.165) is 6.42 Å². The maximum atomic E-state index is 12.6. The predicted octanol–water partition coefficient (Wildman–Crippen LogP) is 4.64. The Morgan fingerprint density at radius 2 is 2.00 bits per heavy atom. The monoisotopic (exact) mass is 443 g/mol. The summed E-state index contributed by atoms with van der Waals surface area (Å²) in [5, 5.41) is 3.52. The van der Waals surface area contributed by atoms with Gasteiger partial charge >= 0.3 is 0 Å². The Labute approximate surface area is 164 Å². The number of hydrogen-bond donors (Lipinski definition) is 1. The van der Waals surface area contributed by atoms with E-state index in [4.69, 9.17) is 23.2 Å². The van der Waals surface area contributed by atoms with Crippen molar-refractivity contribution in [2.45, 2.75) is 13.3 Å². The van der Waals surface area contributed by atoms with Crippen LogP contribution in [0.15, 0.2) is 41.1 Å². The summed E-state index contributed by atoms with van der Waals surface area (Å²) in [5.41, 5.74) is 0.823. The van der Waals surface area contributed by atoms with Crippen LogP contribution in [0.5, 0.6) is 0 Å². The Morgan fingerprint density at radius 3 is 2.68 bits per heavy atom. The number of nitrogens with zero attached hydrogens (tertiary/aromatic N) is 2. The number of pyridine rings is 1. The molecule has 5 nitrogen and oxygen atoms in total. The van der Waals surface area contributed by atoms with E-state index in [-0.39, 0.29) is 18.4 Å². The molecule has 1 heterocycles. The summed E-state index contributed by atoms with van der Waals surface area (Å²) in [5.74, 6) is -0.614. The van der Waals surface area contributed by atoms with Crippen LogP contribution in [0, 0.1) is 0 Å². The van der Waals surface area contributed by atoms with Crippen LogP contribution in [-0.2, 0) is 4.79 Å². The van der Waals surface area contributed by atoms with Gasteiger partial charge in [0.15, 0.2) is 0 Å². The highest BCUT2D eigenvalue weighted by atomic mass is 79.9. The fourth-order valence-corrected chi connectivity index (χ4v) is 2.89. The lowest BCUT2D eigenvalue weighted by Gasteiger charge is -2.22. The lowest BCUT2D eigenvalue weighted by Crippen LogP contribution is -2.38. The third-order valence-electron chi connectivity index (χ3n) is 3.27. The van der Waals surface area contributed by atoms with Crippen molar-refractivity contribution in [1.29, 1.82) is 0 Å². The van der Waals surface area contributed by atoms with Crippen molar-refractivity contribution in [3.8, 4) is 0 Å². The molecule has 0 fully saturated rings. The number of hydrogen-bond acceptors (Lipinski definition) is 3. The second kappa shape index (κ2) is 9.17. The number of carbonyl (C=O) groups is 2. The van der Waals surface area contributed by atoms with Gasteiger partial charge in [-0.2, -0.15) is 0 Å². The van der Waals surface area contributed by atoms with Gasteiger partial charge in [-0.3, -0.25) is 14.6 Å². The average Bonchev–Trinajstić information content (AvgIpc) is 2.57. The first-order valence-electron chi connectivity index (χ1n) is 7.55. The van der Waals surface area contributed by atoms with E-state index in [1.54, 1.807) is 30.5 Å². The van der Waals surface area contributed by atoms with E-state index in [1.807, 2.05) is 6.92 Å². The highest BCUT2D eigenvalue weighted by Crippen LogP contribution is 2.25. The normalized spacial score (nSPS) is 10.4. The van der Waals surface area contributed by atoms with Gasteiger partial charge in [0.25, 0.3) is 5.91 Å². The molecule has 25 heavy (non-hydrogen) atoms. The molecule has 0 unspecified atom stereocenters. The van der Waals surface area contributed by atoms with Crippen molar-refractivity contribution < 1.29 is 9.59 Å². The Bertz CT molecular complexity index is 786. The lowest BCUT2D eigenvalue weighted by molar-refractivity contribution is -0.116. The zero-order valence-corrected chi connectivity index (χ0v) is 16.5. The quantitative estimate of drug-likeness (QED) is 0.705. The zero-order chi connectivity index (χ0) is 18.4. The number of rotatable bonds is 6. The SMILES string of the molecule is CCCN(CC(=O)Nc1cc(Cl)ccc1Cl)C(=O)c1cncc(Br)c1. The largest absolute Gasteiger partial charge is 0.329 e. The summed E-state index contributed by atoms with van der Waals surface area (Å²) < 4.78 is 0.699. The molecule has 1 N–H and O–H groups in total. The van der Waals surface area contributed by atoms with E-state index in [0.29, 0.717) is 32.3 Å². The molecule has 0 aliphatic heterocycles. The van der Waals surface area contributed by atoms with Gasteiger partial charge in [-0.15, -0.1) is 0 Å². The molecule has 0 aliphatic rings. The van der Waals surface area contributed by atoms with Crippen LogP contribution in [0.1, 0.15) is 23.7 Å². The smallest absolute Gasteiger partial charge is 0.255 e. The molecule has 0 bridgehead atoms. The molecule has 132 valence electrons. The molecule has 1 aromatic carbocycles. The average molecular weight is 445 g/mol. The van der Waals surface area contributed by atoms with Gasteiger partial charge < -0.3 is 10.2 Å². The molecule has 0 atom stereocenters. The van der Waals surface area contributed by atoms with Crippen LogP contribution in [0.2, 0.25) is 10.0 Å². The van der Waals surface area contributed by atoms with E-state index >= 15 is 0 Å². The maximum absolute atomic E-state index is 12.6. The summed E-state index contributed by atoms with van der Waals surface area (Å²) in [6, 6.07) is 6.46. The number of aromatic nitrogens is 1. The van der Waals surface area contributed by atoms with Crippen LogP contribution in [0.4, 0.5) is 5.69 Å². The number of carbonyl (C=O) groups excluding carboxylic acids is 2. The molecular weight excluding hydrogens is 429 g/mol. The van der Waals surface area contributed by atoms with Crippen LogP contribution < -0.4 is 5.32 Å². The van der Waals surface area contributed by atoms with Crippen LogP contribution in [0.25, 0.3) is 0 Å². The second-order valence-corrected chi connectivity index (χ2v) is 7.05. The van der Waals surface area contributed by atoms with E-state index in [2.05, 4.69) is 26.2 Å². The first kappa shape index (κ1) is 19.7. The highest BCUT2D eigenvalue weighted by molar-refractivity contribution is 9.10. The number of halogens is 3. The molecule has 0 saturated heterocycles. The molecule has 2 amide bonds. The molecule has 2 rings (SSSR count). The summed E-state index contributed by atoms with van der Waals surface area (Å²) in [6.07, 6.45) is 3.79. The van der Waals surface area contributed by atoms with Crippen molar-refractivity contribution in [2.24, 2.45) is 0 Å². The van der Waals surface area contributed by atoms with Gasteiger partial charge in [-0.25, -0.2) is 0 Å². The van der Waals surface area contributed by atoms with Crippen molar-refractivity contribution in [3.05, 3.63) is 56.7 Å². The van der Waals surface area contributed by atoms with Crippen molar-refractivity contribution in [2.75, 3.05) is 18.4 Å². The summed E-state index contributed by atoms with van der Waals surface area (Å²) >= 11 is 15.3. The third-order valence-corrected chi connectivity index (χ3v) is 4.27. The Morgan fingerprint density at radius 1 is 1.24 bits per heavy atom. The fourth-order valence-electron chi connectivity index (χ4n) is 2.19. The standard InChI is InChI=1S/C17H16BrCl2N3O2/c1-2-5-23(17(25)11-6-12(18)9-21-8-11)10-16(24)22-15-7-13(19)3-4-14(15)20/h3-4,6-9H,2,5,10H2,1H3,(H,22,24). The molecule has 2 aromatic rings. The van der Waals surface area contributed by atoms with E-state index in [1.165, 1.54) is 11.1 Å². The third kappa shape index (κ3) is 5.70. The van der Waals surface area contributed by atoms with Crippen LogP contribution >= 0.6 is 39.1 Å². The van der Waals surface area contributed by atoms with Crippen LogP contribution in [0.3, 0.4) is 0 Å². The molecule has 0 spiro atoms. The van der Waals surface area contributed by atoms with Crippen molar-refractivity contribution in [3.63, 3.8) is 0 Å². The number of anilines is 1. The number of nitrogens with one attached hydrogen (secondary N) is 1. The molecule has 0 radical (unpaired) electrons. The van der Waals surface area contributed by atoms with Gasteiger partial charge in [0.1, 0.15) is 6.54 Å². The minimum atomic E-state index is -0.353. The zero-order valence-electron chi connectivity index (χ0n) is 13.4. The number of benzene rings is 1. The number of amides is 2. The first-order chi connectivity index (χ1) is 11.9. The Hall–Kier alpha value is -1.63. The summed E-state index contributed by atoms with van der Waals surface area (Å²) in [7, 11) is 0. The molecule has 0 aliphatic carbocycles. The molecular formula is C17H16BrCl2N3O2. The van der Waals surface area contributed by atoms with Gasteiger partial charge in [0, 0.05) is 28.4 Å². The van der Waals surface area contributed by atoms with Gasteiger partial charge in [-0.1, -0.05) is 30.1 Å². The summed E-state index contributed by atoms with van der Waals surface area (Å²) in [6.45, 7) is 2.29. The Kier molecular flexibility index (Phi) is 7.23. The van der Waals surface area contributed by atoms with Crippen LogP contribution in [-0.4, -0.2) is 34.8 Å². The van der Waals surface area contributed by atoms with Gasteiger partial charge in [0.05, 0.1) is 16.3 Å². The van der Waals surface area contributed by atoms with Gasteiger partial charge in [0.2, 0.25) is 5.91 Å². The maximum Gasteiger partial charge on any atom is 0.255 e.